The molecule has 0 saturated heterocycles. The molecule has 2 aliphatic rings. The van der Waals surface area contributed by atoms with E-state index >= 15 is 0 Å². The summed E-state index contributed by atoms with van der Waals surface area (Å²) in [4.78, 5) is 26.8. The number of nitrogens with one attached hydrogen (secondary N) is 2. The van der Waals surface area contributed by atoms with Crippen molar-refractivity contribution in [1.82, 2.24) is 25.3 Å². The number of hydrogen-bond donors (Lipinski definition) is 2. The van der Waals surface area contributed by atoms with Gasteiger partial charge in [-0.1, -0.05) is 0 Å². The van der Waals surface area contributed by atoms with Gasteiger partial charge in [-0.15, -0.1) is 0 Å². The third-order valence-corrected chi connectivity index (χ3v) is 5.43. The van der Waals surface area contributed by atoms with E-state index in [1.165, 1.54) is 4.90 Å². The Hall–Kier alpha value is -2.85. The highest BCUT2D eigenvalue weighted by atomic mass is 19.4. The monoisotopic (exact) mass is 396 g/mol. The van der Waals surface area contributed by atoms with Crippen molar-refractivity contribution in [1.29, 1.82) is 0 Å². The number of carbonyl (C=O) groups excluding carboxylic acids is 2. The Labute approximate surface area is 158 Å². The fourth-order valence-electron chi connectivity index (χ4n) is 3.83. The molecule has 8 nitrogen and oxygen atoms in total. The van der Waals surface area contributed by atoms with Crippen molar-refractivity contribution in [2.24, 2.45) is 5.92 Å². The maximum absolute atomic E-state index is 13.1. The first-order valence-electron chi connectivity index (χ1n) is 8.98. The largest absolute Gasteiger partial charge is 0.392 e. The van der Waals surface area contributed by atoms with Gasteiger partial charge in [-0.05, 0) is 25.7 Å². The Morgan fingerprint density at radius 1 is 1.36 bits per heavy atom. The highest BCUT2D eigenvalue weighted by Crippen LogP contribution is 2.37. The van der Waals surface area contributed by atoms with Crippen LogP contribution in [0.1, 0.15) is 34.6 Å². The highest BCUT2D eigenvalue weighted by Gasteiger charge is 2.43. The smallest absolute Gasteiger partial charge is 0.339 e. The van der Waals surface area contributed by atoms with E-state index in [9.17, 15) is 22.8 Å². The van der Waals surface area contributed by atoms with Gasteiger partial charge in [0.05, 0.1) is 12.1 Å². The summed E-state index contributed by atoms with van der Waals surface area (Å²) in [6.45, 7) is 0.429. The maximum Gasteiger partial charge on any atom is 0.392 e. The van der Waals surface area contributed by atoms with Crippen LogP contribution in [0.25, 0.3) is 0 Å². The van der Waals surface area contributed by atoms with Crippen molar-refractivity contribution in [3.8, 4) is 0 Å². The number of fused-ring (bicyclic) bond motifs is 2. The van der Waals surface area contributed by atoms with E-state index in [1.807, 2.05) is 0 Å². The lowest BCUT2D eigenvalue weighted by atomic mass is 9.86. The highest BCUT2D eigenvalue weighted by molar-refractivity contribution is 6.01. The van der Waals surface area contributed by atoms with Crippen LogP contribution in [-0.2, 0) is 24.2 Å². The molecule has 0 unspecified atom stereocenters. The van der Waals surface area contributed by atoms with E-state index in [-0.39, 0.29) is 36.4 Å². The van der Waals surface area contributed by atoms with Crippen molar-refractivity contribution >= 4 is 17.6 Å². The Morgan fingerprint density at radius 2 is 2.14 bits per heavy atom. The minimum absolute atomic E-state index is 0.0306. The summed E-state index contributed by atoms with van der Waals surface area (Å²) < 4.78 is 40.9. The van der Waals surface area contributed by atoms with Gasteiger partial charge >= 0.3 is 6.18 Å². The number of amides is 2. The summed E-state index contributed by atoms with van der Waals surface area (Å²) >= 11 is 0. The topological polar surface area (TPSA) is 95.9 Å². The van der Waals surface area contributed by atoms with Gasteiger partial charge in [-0.2, -0.15) is 23.4 Å². The molecule has 4 rings (SSSR count). The summed E-state index contributed by atoms with van der Waals surface area (Å²) in [6, 6.07) is 0.886. The van der Waals surface area contributed by atoms with Gasteiger partial charge in [0, 0.05) is 30.9 Å². The first-order valence-corrected chi connectivity index (χ1v) is 8.98. The van der Waals surface area contributed by atoms with Crippen LogP contribution in [0.5, 0.6) is 0 Å². The normalized spacial score (nSPS) is 22.4. The number of likely N-dealkylation sites (N-methyl/N-ethyl adjacent to an activating group) is 1. The molecular weight excluding hydrogens is 377 g/mol. The van der Waals surface area contributed by atoms with Crippen molar-refractivity contribution in [2.45, 2.75) is 44.4 Å². The van der Waals surface area contributed by atoms with Gasteiger partial charge in [0.15, 0.2) is 5.69 Å². The minimum atomic E-state index is -4.32. The van der Waals surface area contributed by atoms with Gasteiger partial charge in [-0.3, -0.25) is 19.6 Å². The fraction of sp³-hybridized carbons (Fsp3) is 0.529. The van der Waals surface area contributed by atoms with Gasteiger partial charge in [-0.25, -0.2) is 4.68 Å². The average molecular weight is 396 g/mol. The molecule has 1 aliphatic carbocycles. The molecule has 11 heteroatoms. The predicted octanol–water partition coefficient (Wildman–Crippen LogP) is 1.44. The Balaban J connectivity index is 1.52. The summed E-state index contributed by atoms with van der Waals surface area (Å²) in [6.07, 6.45) is -2.54. The van der Waals surface area contributed by atoms with Crippen molar-refractivity contribution in [2.75, 3.05) is 11.9 Å². The molecule has 28 heavy (non-hydrogen) atoms. The molecule has 2 aromatic heterocycles. The van der Waals surface area contributed by atoms with Crippen molar-refractivity contribution < 1.29 is 22.8 Å². The van der Waals surface area contributed by atoms with Gasteiger partial charge in [0.2, 0.25) is 0 Å². The fourth-order valence-corrected chi connectivity index (χ4v) is 3.83. The molecule has 2 N–H and O–H groups in total. The quantitative estimate of drug-likeness (QED) is 0.803. The molecule has 2 aromatic rings. The Morgan fingerprint density at radius 3 is 2.89 bits per heavy atom. The second-order valence-corrected chi connectivity index (χ2v) is 7.14. The van der Waals surface area contributed by atoms with Crippen LogP contribution in [0.4, 0.5) is 19.0 Å². The van der Waals surface area contributed by atoms with Gasteiger partial charge in [0.1, 0.15) is 11.9 Å². The number of anilines is 1. The molecule has 3 heterocycles. The van der Waals surface area contributed by atoms with E-state index in [1.54, 1.807) is 24.0 Å². The minimum Gasteiger partial charge on any atom is -0.339 e. The number of hydrogen-bond acceptors (Lipinski definition) is 4. The van der Waals surface area contributed by atoms with Gasteiger partial charge < -0.3 is 5.32 Å². The molecule has 0 bridgehead atoms. The lowest BCUT2D eigenvalue weighted by molar-refractivity contribution is -0.177. The SMILES string of the molecule is CN1C(=O)[C@@H](NC(=O)c2n[nH]c3c2C[C@H](C(F)(F)F)CC3)CCn2nccc21. The number of halogens is 3. The summed E-state index contributed by atoms with van der Waals surface area (Å²) in [5.41, 5.74) is 0.768. The van der Waals surface area contributed by atoms with Crippen LogP contribution in [0, 0.1) is 5.92 Å². The molecule has 150 valence electrons. The number of rotatable bonds is 2. The lowest BCUT2D eigenvalue weighted by Crippen LogP contribution is -2.47. The zero-order valence-electron chi connectivity index (χ0n) is 15.1. The van der Waals surface area contributed by atoms with Gasteiger partial charge in [0.25, 0.3) is 11.8 Å². The maximum atomic E-state index is 13.1. The lowest BCUT2D eigenvalue weighted by Gasteiger charge is -2.25. The first-order chi connectivity index (χ1) is 13.3. The average Bonchev–Trinajstić information content (AvgIpc) is 3.26. The van der Waals surface area contributed by atoms with Crippen LogP contribution in [-0.4, -0.2) is 51.1 Å². The zero-order chi connectivity index (χ0) is 20.1. The first kappa shape index (κ1) is 18.5. The van der Waals surface area contributed by atoms with E-state index in [2.05, 4.69) is 20.6 Å². The standard InChI is InChI=1S/C17H19F3N6O2/c1-25-13-4-6-21-26(13)7-5-12(16(25)28)22-15(27)14-10-8-9(17(18,19)20)2-3-11(10)23-24-14/h4,6,9,12H,2-3,5,7-8H2,1H3,(H,22,27)(H,23,24)/t9-,12+/m1/s1. The number of aromatic nitrogens is 4. The molecule has 2 atom stereocenters. The van der Waals surface area contributed by atoms with E-state index in [0.717, 1.165) is 0 Å². The molecule has 0 aromatic carbocycles. The van der Waals surface area contributed by atoms with E-state index < -0.39 is 24.0 Å². The molecule has 2 amide bonds. The summed E-state index contributed by atoms with van der Waals surface area (Å²) in [5, 5.41) is 13.4. The van der Waals surface area contributed by atoms with Crippen LogP contribution < -0.4 is 10.2 Å². The zero-order valence-corrected chi connectivity index (χ0v) is 15.1. The van der Waals surface area contributed by atoms with Crippen LogP contribution >= 0.6 is 0 Å². The molecule has 0 spiro atoms. The number of nitrogens with zero attached hydrogens (tertiary/aromatic N) is 4. The predicted molar refractivity (Wildman–Crippen MR) is 91.7 cm³/mol. The number of H-pyrrole nitrogens is 1. The molecule has 0 radical (unpaired) electrons. The molecule has 0 fully saturated rings. The summed E-state index contributed by atoms with van der Waals surface area (Å²) in [5.74, 6) is -1.84. The second kappa shape index (κ2) is 6.64. The Bertz CT molecular complexity index is 918. The second-order valence-electron chi connectivity index (χ2n) is 7.14. The molecule has 0 saturated carbocycles. The van der Waals surface area contributed by atoms with E-state index in [4.69, 9.17) is 0 Å². The van der Waals surface area contributed by atoms with Crippen molar-refractivity contribution in [3.63, 3.8) is 0 Å². The summed E-state index contributed by atoms with van der Waals surface area (Å²) in [7, 11) is 1.59. The third kappa shape index (κ3) is 3.14. The van der Waals surface area contributed by atoms with Crippen LogP contribution in [0.15, 0.2) is 12.3 Å². The third-order valence-electron chi connectivity index (χ3n) is 5.43. The molecule has 1 aliphatic heterocycles. The Kier molecular flexibility index (Phi) is 4.39. The number of aryl methyl sites for hydroxylation is 2. The van der Waals surface area contributed by atoms with Crippen LogP contribution in [0.3, 0.4) is 0 Å². The number of aromatic amines is 1. The van der Waals surface area contributed by atoms with Crippen molar-refractivity contribution in [3.05, 3.63) is 29.2 Å². The molecular formula is C17H19F3N6O2. The number of alkyl halides is 3. The van der Waals surface area contributed by atoms with Crippen LogP contribution in [0.2, 0.25) is 0 Å². The van der Waals surface area contributed by atoms with E-state index in [0.29, 0.717) is 24.5 Å². The number of carbonyl (C=O) groups is 2.